The summed E-state index contributed by atoms with van der Waals surface area (Å²) in [6.45, 7) is 8.38. The van der Waals surface area contributed by atoms with Crippen molar-refractivity contribution in [3.8, 4) is 0 Å². The second-order valence-corrected chi connectivity index (χ2v) is 5.79. The van der Waals surface area contributed by atoms with E-state index in [1.54, 1.807) is 0 Å². The Hall–Kier alpha value is -0.0400. The molecular weight excluding hydrogens is 146 g/mol. The number of hydrogen-bond acceptors (Lipinski definition) is 1. The van der Waals surface area contributed by atoms with Gasteiger partial charge in [0.2, 0.25) is 0 Å². The van der Waals surface area contributed by atoms with E-state index >= 15 is 0 Å². The Balaban J connectivity index is 1.70. The maximum atomic E-state index is 3.69. The first-order chi connectivity index (χ1) is 5.52. The normalized spacial score (nSPS) is 35.8. The van der Waals surface area contributed by atoms with Gasteiger partial charge in [-0.05, 0) is 30.1 Å². The molecule has 0 aromatic rings. The topological polar surface area (TPSA) is 12.0 Å². The Morgan fingerprint density at radius 3 is 2.17 bits per heavy atom. The highest BCUT2D eigenvalue weighted by molar-refractivity contribution is 5.02. The van der Waals surface area contributed by atoms with Crippen LogP contribution in [0.25, 0.3) is 0 Å². The summed E-state index contributed by atoms with van der Waals surface area (Å²) in [5.41, 5.74) is 1.25. The molecule has 2 fully saturated rings. The fraction of sp³-hybridized carbons (Fsp3) is 1.00. The molecule has 1 heteroatoms. The third kappa shape index (κ3) is 1.52. The Morgan fingerprint density at radius 2 is 1.83 bits per heavy atom. The van der Waals surface area contributed by atoms with Gasteiger partial charge in [-0.2, -0.15) is 0 Å². The van der Waals surface area contributed by atoms with Crippen molar-refractivity contribution < 1.29 is 0 Å². The average Bonchev–Trinajstić information content (AvgIpc) is 2.51. The van der Waals surface area contributed by atoms with Gasteiger partial charge in [0, 0.05) is 12.6 Å². The van der Waals surface area contributed by atoms with Crippen LogP contribution in [0.1, 0.15) is 46.5 Å². The predicted octanol–water partition coefficient (Wildman–Crippen LogP) is 2.56. The number of rotatable bonds is 3. The van der Waals surface area contributed by atoms with E-state index in [9.17, 15) is 0 Å². The number of hydrogen-bond donors (Lipinski definition) is 1. The van der Waals surface area contributed by atoms with Crippen molar-refractivity contribution in [1.29, 1.82) is 0 Å². The summed E-state index contributed by atoms with van der Waals surface area (Å²) in [6.07, 6.45) is 5.70. The highest BCUT2D eigenvalue weighted by Gasteiger charge is 2.46. The molecule has 2 rings (SSSR count). The van der Waals surface area contributed by atoms with Crippen LogP contribution in [0.5, 0.6) is 0 Å². The lowest BCUT2D eigenvalue weighted by molar-refractivity contribution is 0.154. The van der Waals surface area contributed by atoms with Gasteiger partial charge in [0.25, 0.3) is 0 Å². The Kier molecular flexibility index (Phi) is 1.76. The third-order valence-corrected chi connectivity index (χ3v) is 3.85. The van der Waals surface area contributed by atoms with Crippen molar-refractivity contribution in [2.45, 2.75) is 52.5 Å². The van der Waals surface area contributed by atoms with Crippen molar-refractivity contribution in [2.24, 2.45) is 10.8 Å². The van der Waals surface area contributed by atoms with Gasteiger partial charge in [0.1, 0.15) is 0 Å². The van der Waals surface area contributed by atoms with Gasteiger partial charge in [0.05, 0.1) is 0 Å². The molecule has 2 aliphatic carbocycles. The molecule has 1 unspecified atom stereocenters. The summed E-state index contributed by atoms with van der Waals surface area (Å²) in [7, 11) is 0. The SMILES string of the molecule is CC1(CNC2CC2(C)C)CCC1. The highest BCUT2D eigenvalue weighted by Crippen LogP contribution is 2.46. The zero-order valence-electron chi connectivity index (χ0n) is 8.61. The van der Waals surface area contributed by atoms with E-state index in [-0.39, 0.29) is 0 Å². The van der Waals surface area contributed by atoms with Gasteiger partial charge in [-0.3, -0.25) is 0 Å². The molecule has 1 nitrogen and oxygen atoms in total. The molecule has 0 aliphatic heterocycles. The molecule has 12 heavy (non-hydrogen) atoms. The second-order valence-electron chi connectivity index (χ2n) is 5.79. The maximum absolute atomic E-state index is 3.69. The standard InChI is InChI=1S/C11H21N/c1-10(2)7-9(10)12-8-11(3)5-4-6-11/h9,12H,4-8H2,1-3H3. The molecule has 0 heterocycles. The number of nitrogens with one attached hydrogen (secondary N) is 1. The Labute approximate surface area is 75.9 Å². The van der Waals surface area contributed by atoms with Crippen LogP contribution >= 0.6 is 0 Å². The highest BCUT2D eigenvalue weighted by atomic mass is 15.0. The van der Waals surface area contributed by atoms with Crippen LogP contribution in [-0.4, -0.2) is 12.6 Å². The fourth-order valence-electron chi connectivity index (χ4n) is 2.14. The fourth-order valence-corrected chi connectivity index (χ4v) is 2.14. The minimum Gasteiger partial charge on any atom is -0.313 e. The van der Waals surface area contributed by atoms with Gasteiger partial charge in [-0.15, -0.1) is 0 Å². The molecule has 2 saturated carbocycles. The smallest absolute Gasteiger partial charge is 0.0125 e. The van der Waals surface area contributed by atoms with E-state index in [2.05, 4.69) is 26.1 Å². The van der Waals surface area contributed by atoms with Crippen LogP contribution in [0.3, 0.4) is 0 Å². The minimum absolute atomic E-state index is 0.597. The van der Waals surface area contributed by atoms with Crippen molar-refractivity contribution >= 4 is 0 Å². The van der Waals surface area contributed by atoms with Crippen LogP contribution in [-0.2, 0) is 0 Å². The average molecular weight is 167 g/mol. The van der Waals surface area contributed by atoms with Gasteiger partial charge in [-0.25, -0.2) is 0 Å². The van der Waals surface area contributed by atoms with Crippen molar-refractivity contribution in [1.82, 2.24) is 5.32 Å². The molecular formula is C11H21N. The molecule has 0 aromatic heterocycles. The van der Waals surface area contributed by atoms with Crippen LogP contribution in [0.2, 0.25) is 0 Å². The van der Waals surface area contributed by atoms with Gasteiger partial charge in [0.15, 0.2) is 0 Å². The summed E-state index contributed by atoms with van der Waals surface area (Å²) >= 11 is 0. The first-order valence-corrected chi connectivity index (χ1v) is 5.25. The Morgan fingerprint density at radius 1 is 1.25 bits per heavy atom. The van der Waals surface area contributed by atoms with Crippen LogP contribution in [0.4, 0.5) is 0 Å². The zero-order chi connectivity index (χ0) is 8.82. The summed E-state index contributed by atoms with van der Waals surface area (Å²) in [4.78, 5) is 0. The van der Waals surface area contributed by atoms with E-state index in [0.29, 0.717) is 10.8 Å². The van der Waals surface area contributed by atoms with Crippen LogP contribution in [0, 0.1) is 10.8 Å². The van der Waals surface area contributed by atoms with E-state index in [0.717, 1.165) is 6.04 Å². The van der Waals surface area contributed by atoms with Gasteiger partial charge >= 0.3 is 0 Å². The lowest BCUT2D eigenvalue weighted by atomic mass is 9.70. The predicted molar refractivity (Wildman–Crippen MR) is 52.1 cm³/mol. The van der Waals surface area contributed by atoms with Gasteiger partial charge in [-0.1, -0.05) is 27.2 Å². The minimum atomic E-state index is 0.597. The summed E-state index contributed by atoms with van der Waals surface area (Å²) in [5, 5.41) is 3.69. The molecule has 0 radical (unpaired) electrons. The van der Waals surface area contributed by atoms with Crippen molar-refractivity contribution in [3.63, 3.8) is 0 Å². The molecule has 2 aliphatic rings. The molecule has 0 amide bonds. The zero-order valence-corrected chi connectivity index (χ0v) is 8.61. The second kappa shape index (κ2) is 2.47. The van der Waals surface area contributed by atoms with Crippen LogP contribution < -0.4 is 5.32 Å². The molecule has 1 atom stereocenters. The summed E-state index contributed by atoms with van der Waals surface area (Å²) in [6, 6.07) is 0.815. The first kappa shape index (κ1) is 8.55. The van der Waals surface area contributed by atoms with Crippen LogP contribution in [0.15, 0.2) is 0 Å². The third-order valence-electron chi connectivity index (χ3n) is 3.85. The maximum Gasteiger partial charge on any atom is 0.0125 e. The van der Waals surface area contributed by atoms with E-state index in [1.165, 1.54) is 32.2 Å². The molecule has 70 valence electrons. The van der Waals surface area contributed by atoms with E-state index in [1.807, 2.05) is 0 Å². The van der Waals surface area contributed by atoms with Crippen molar-refractivity contribution in [3.05, 3.63) is 0 Å². The largest absolute Gasteiger partial charge is 0.313 e. The monoisotopic (exact) mass is 167 g/mol. The van der Waals surface area contributed by atoms with E-state index in [4.69, 9.17) is 0 Å². The molecule has 0 saturated heterocycles. The van der Waals surface area contributed by atoms with E-state index < -0.39 is 0 Å². The lowest BCUT2D eigenvalue weighted by Crippen LogP contribution is -2.39. The molecule has 0 bridgehead atoms. The molecule has 0 spiro atoms. The first-order valence-electron chi connectivity index (χ1n) is 5.25. The Bertz CT molecular complexity index is 179. The van der Waals surface area contributed by atoms with Crippen molar-refractivity contribution in [2.75, 3.05) is 6.54 Å². The summed E-state index contributed by atoms with van der Waals surface area (Å²) < 4.78 is 0. The lowest BCUT2D eigenvalue weighted by Gasteiger charge is -2.38. The van der Waals surface area contributed by atoms with Gasteiger partial charge < -0.3 is 5.32 Å². The molecule has 0 aromatic carbocycles. The quantitative estimate of drug-likeness (QED) is 0.681. The molecule has 1 N–H and O–H groups in total. The summed E-state index contributed by atoms with van der Waals surface area (Å²) in [5.74, 6) is 0.